The molecule has 0 spiro atoms. The van der Waals surface area contributed by atoms with Crippen molar-refractivity contribution in [2.45, 2.75) is 0 Å². The molecule has 27 rings (SSSR count). The Kier molecular flexibility index (Phi) is 18.8. The molecule has 618 valence electrons. The highest BCUT2D eigenvalue weighted by Crippen LogP contribution is 2.48. The van der Waals surface area contributed by atoms with Crippen LogP contribution >= 0.6 is 0 Å². The summed E-state index contributed by atoms with van der Waals surface area (Å²) in [5.74, 6) is 0. The molecule has 0 aliphatic heterocycles. The van der Waals surface area contributed by atoms with E-state index in [1.54, 1.807) is 0 Å². The van der Waals surface area contributed by atoms with Gasteiger partial charge in [0.05, 0.1) is 66.2 Å². The summed E-state index contributed by atoms with van der Waals surface area (Å²) < 4.78 is 14.5. The number of benzene rings is 21. The first-order valence-corrected chi connectivity index (χ1v) is 45.4. The molecule has 6 heteroatoms. The average Bonchev–Trinajstić information content (AvgIpc) is 1.55. The number of rotatable bonds is 12. The zero-order valence-corrected chi connectivity index (χ0v) is 72.2. The SMILES string of the molecule is c1ccc(-c2cc(-c3ccccc3)cc(-n3c4ccccc4c4c5c6ccccc6n(-c6ccccc6)c5ccc43)c2)cc1.c1ccc(-c2ccc(-c3cccc(-n4c5ccccc5c5c6c7ccccc7n(-c7ccccc7)c6ccc54)c3)cc2)cc1.c1ccc(-c2cccc(-c3cccc(-n4c5ccccc5c5c6c7ccccc7n(-c7ccccc7)c6ccc54)c3)c2)cc1. The van der Waals surface area contributed by atoms with E-state index in [-0.39, 0.29) is 0 Å². The van der Waals surface area contributed by atoms with Crippen LogP contribution in [0.4, 0.5) is 0 Å². The van der Waals surface area contributed by atoms with E-state index in [2.05, 4.69) is 537 Å². The Balaban J connectivity index is 0.000000106. The fourth-order valence-corrected chi connectivity index (χ4v) is 20.9. The first-order chi connectivity index (χ1) is 65.5. The molecule has 6 nitrogen and oxygen atoms in total. The number of hydrogen-bond acceptors (Lipinski definition) is 0. The van der Waals surface area contributed by atoms with Gasteiger partial charge in [0.2, 0.25) is 0 Å². The fraction of sp³-hybridized carbons (Fsp3) is 0. The lowest BCUT2D eigenvalue weighted by Crippen LogP contribution is -1.96. The van der Waals surface area contributed by atoms with Crippen LogP contribution in [0.5, 0.6) is 0 Å². The summed E-state index contributed by atoms with van der Waals surface area (Å²) in [6.45, 7) is 0. The molecule has 21 aromatic carbocycles. The summed E-state index contributed by atoms with van der Waals surface area (Å²) in [7, 11) is 0. The molecule has 0 aliphatic rings. The molecule has 0 atom stereocenters. The molecule has 132 heavy (non-hydrogen) atoms. The van der Waals surface area contributed by atoms with Crippen molar-refractivity contribution >= 4 is 131 Å². The van der Waals surface area contributed by atoms with Crippen LogP contribution in [0.3, 0.4) is 0 Å². The molecule has 6 aromatic heterocycles. The molecule has 0 unspecified atom stereocenters. The van der Waals surface area contributed by atoms with Gasteiger partial charge in [-0.25, -0.2) is 0 Å². The van der Waals surface area contributed by atoms with Gasteiger partial charge in [0.15, 0.2) is 0 Å². The largest absolute Gasteiger partial charge is 0.309 e. The zero-order chi connectivity index (χ0) is 87.1. The molecular formula is C126H84N6. The summed E-state index contributed by atoms with van der Waals surface area (Å²) in [6, 6.07) is 184. The third kappa shape index (κ3) is 13.0. The minimum Gasteiger partial charge on any atom is -0.309 e. The summed E-state index contributed by atoms with van der Waals surface area (Å²) in [5.41, 5.74) is 36.1. The number of fused-ring (bicyclic) bond motifs is 21. The van der Waals surface area contributed by atoms with Crippen molar-refractivity contribution in [2.75, 3.05) is 0 Å². The van der Waals surface area contributed by atoms with Crippen LogP contribution < -0.4 is 0 Å². The summed E-state index contributed by atoms with van der Waals surface area (Å²) in [5, 5.41) is 15.4. The molecule has 0 radical (unpaired) electrons. The molecule has 0 saturated heterocycles. The van der Waals surface area contributed by atoms with E-state index in [0.717, 1.165) is 17.1 Å². The van der Waals surface area contributed by atoms with Crippen LogP contribution in [0.2, 0.25) is 0 Å². The van der Waals surface area contributed by atoms with Gasteiger partial charge in [0.25, 0.3) is 0 Å². The zero-order valence-electron chi connectivity index (χ0n) is 72.2. The van der Waals surface area contributed by atoms with E-state index in [1.807, 2.05) is 0 Å². The molecule has 0 fully saturated rings. The maximum atomic E-state index is 2.46. The lowest BCUT2D eigenvalue weighted by Gasteiger charge is -2.14. The Bertz CT molecular complexity index is 9030. The predicted molar refractivity (Wildman–Crippen MR) is 558 cm³/mol. The van der Waals surface area contributed by atoms with Gasteiger partial charge in [-0.2, -0.15) is 0 Å². The molecule has 0 N–H and O–H groups in total. The third-order valence-electron chi connectivity index (χ3n) is 26.7. The fourth-order valence-electron chi connectivity index (χ4n) is 20.9. The van der Waals surface area contributed by atoms with E-state index in [0.29, 0.717) is 0 Å². The van der Waals surface area contributed by atoms with Crippen molar-refractivity contribution in [1.82, 2.24) is 27.4 Å². The number of nitrogens with zero attached hydrogens (tertiary/aromatic N) is 6. The van der Waals surface area contributed by atoms with E-state index < -0.39 is 0 Å². The van der Waals surface area contributed by atoms with Gasteiger partial charge in [-0.3, -0.25) is 0 Å². The highest BCUT2D eigenvalue weighted by molar-refractivity contribution is 6.32. The Morgan fingerprint density at radius 1 is 0.0909 bits per heavy atom. The minimum atomic E-state index is 1.16. The van der Waals surface area contributed by atoms with E-state index in [4.69, 9.17) is 0 Å². The van der Waals surface area contributed by atoms with Crippen LogP contribution in [0.15, 0.2) is 510 Å². The third-order valence-corrected chi connectivity index (χ3v) is 26.7. The predicted octanol–water partition coefficient (Wildman–Crippen LogP) is 33.6. The second-order valence-electron chi connectivity index (χ2n) is 34.2. The second kappa shape index (κ2) is 32.4. The van der Waals surface area contributed by atoms with E-state index in [1.165, 1.54) is 215 Å². The van der Waals surface area contributed by atoms with Crippen molar-refractivity contribution in [3.63, 3.8) is 0 Å². The highest BCUT2D eigenvalue weighted by Gasteiger charge is 2.26. The van der Waals surface area contributed by atoms with Gasteiger partial charge in [0.1, 0.15) is 0 Å². The Hall–Kier alpha value is -17.6. The van der Waals surface area contributed by atoms with Crippen LogP contribution in [-0.2, 0) is 0 Å². The highest BCUT2D eigenvalue weighted by atomic mass is 15.0. The molecule has 0 aliphatic carbocycles. The Morgan fingerprint density at radius 2 is 0.258 bits per heavy atom. The quantitative estimate of drug-likeness (QED) is 0.117. The summed E-state index contributed by atoms with van der Waals surface area (Å²) in [4.78, 5) is 0. The normalized spacial score (nSPS) is 11.6. The van der Waals surface area contributed by atoms with Gasteiger partial charge in [0, 0.05) is 98.8 Å². The lowest BCUT2D eigenvalue weighted by molar-refractivity contribution is 1.17. The monoisotopic (exact) mass is 1680 g/mol. The van der Waals surface area contributed by atoms with Crippen molar-refractivity contribution in [3.8, 4) is 101 Å². The molecule has 0 bridgehead atoms. The van der Waals surface area contributed by atoms with Crippen LogP contribution in [-0.4, -0.2) is 27.4 Å². The smallest absolute Gasteiger partial charge is 0.0548 e. The first kappa shape index (κ1) is 76.8. The Labute approximate surface area is 763 Å². The van der Waals surface area contributed by atoms with Crippen LogP contribution in [0, 0.1) is 0 Å². The van der Waals surface area contributed by atoms with Gasteiger partial charge < -0.3 is 27.4 Å². The van der Waals surface area contributed by atoms with Crippen molar-refractivity contribution in [3.05, 3.63) is 510 Å². The Morgan fingerprint density at radius 3 is 0.553 bits per heavy atom. The lowest BCUT2D eigenvalue weighted by atomic mass is 9.98. The average molecular weight is 1680 g/mol. The number of hydrogen-bond donors (Lipinski definition) is 0. The summed E-state index contributed by atoms with van der Waals surface area (Å²) >= 11 is 0. The van der Waals surface area contributed by atoms with Crippen molar-refractivity contribution < 1.29 is 0 Å². The molecule has 0 saturated carbocycles. The van der Waals surface area contributed by atoms with E-state index >= 15 is 0 Å². The van der Waals surface area contributed by atoms with Crippen molar-refractivity contribution in [1.29, 1.82) is 0 Å². The molecule has 6 heterocycles. The minimum absolute atomic E-state index is 1.16. The van der Waals surface area contributed by atoms with Crippen molar-refractivity contribution in [2.24, 2.45) is 0 Å². The van der Waals surface area contributed by atoms with Gasteiger partial charge in [-0.1, -0.05) is 352 Å². The molecule has 0 amide bonds. The molecular weight excluding hydrogens is 1600 g/mol. The number of para-hydroxylation sites is 9. The van der Waals surface area contributed by atoms with E-state index in [9.17, 15) is 0 Å². The van der Waals surface area contributed by atoms with Crippen LogP contribution in [0.1, 0.15) is 0 Å². The summed E-state index contributed by atoms with van der Waals surface area (Å²) in [6.07, 6.45) is 0. The van der Waals surface area contributed by atoms with Gasteiger partial charge in [-0.05, 0) is 224 Å². The maximum absolute atomic E-state index is 2.46. The van der Waals surface area contributed by atoms with Gasteiger partial charge in [-0.15, -0.1) is 0 Å². The first-order valence-electron chi connectivity index (χ1n) is 45.4. The standard InChI is InChI=1S/3C42H28N2/c1-4-14-29(15-5-1)31-26-32(30-16-6-2-7-17-30)28-34(27-31)44-38-23-13-11-21-36(38)42-40(44)25-24-39-41(42)35-20-10-12-22-37(35)43(39)33-18-8-3-9-19-33;1-3-13-29(14-4-1)30-15-11-16-31(27-30)32-17-12-20-34(28-32)44-38-24-10-8-22-36(38)42-40(44)26-25-39-41(42)35-21-7-9-23-37(35)43(39)33-18-5-2-6-19-33;1-3-12-29(13-4-1)30-22-24-31(25-23-30)32-14-11-17-34(28-32)44-38-21-10-8-19-36(38)42-40(44)27-26-39-41(42)35-18-7-9-20-37(35)43(39)33-15-5-2-6-16-33/h3*1-28H. The van der Waals surface area contributed by atoms with Gasteiger partial charge >= 0.3 is 0 Å². The van der Waals surface area contributed by atoms with Crippen LogP contribution in [0.25, 0.3) is 232 Å². The second-order valence-corrected chi connectivity index (χ2v) is 34.2. The maximum Gasteiger partial charge on any atom is 0.0548 e. The molecule has 27 aromatic rings. The topological polar surface area (TPSA) is 29.6 Å². The number of aromatic nitrogens is 6.